The summed E-state index contributed by atoms with van der Waals surface area (Å²) in [4.78, 5) is 0. The first-order valence-corrected chi connectivity index (χ1v) is 6.90. The third-order valence-electron chi connectivity index (χ3n) is 2.26. The highest BCUT2D eigenvalue weighted by Crippen LogP contribution is 2.34. The molecule has 0 aliphatic carbocycles. The Labute approximate surface area is 111 Å². The first kappa shape index (κ1) is 14.3. The van der Waals surface area contributed by atoms with Gasteiger partial charge in [-0.15, -0.1) is 11.3 Å². The van der Waals surface area contributed by atoms with Gasteiger partial charge in [-0.1, -0.05) is 23.2 Å². The highest BCUT2D eigenvalue weighted by molar-refractivity contribution is 7.20. The van der Waals surface area contributed by atoms with Crippen molar-refractivity contribution in [1.82, 2.24) is 5.32 Å². The molecule has 5 heteroatoms. The third-order valence-corrected chi connectivity index (χ3v) is 3.77. The lowest BCUT2D eigenvalue weighted by Gasteiger charge is -2.19. The van der Waals surface area contributed by atoms with Gasteiger partial charge < -0.3 is 10.1 Å². The number of rotatable bonds is 6. The molecule has 0 spiro atoms. The van der Waals surface area contributed by atoms with Crippen LogP contribution in [0.4, 0.5) is 0 Å². The summed E-state index contributed by atoms with van der Waals surface area (Å²) in [6.07, 6.45) is 0. The van der Waals surface area contributed by atoms with E-state index in [9.17, 15) is 0 Å². The molecular formula is C11H17Cl2NOS. The number of hydrogen-bond donors (Lipinski definition) is 1. The molecule has 0 saturated carbocycles. The average molecular weight is 282 g/mol. The van der Waals surface area contributed by atoms with Crippen LogP contribution >= 0.6 is 34.5 Å². The maximum atomic E-state index is 6.09. The Morgan fingerprint density at radius 2 is 2.12 bits per heavy atom. The Bertz CT molecular complexity index is 330. The molecule has 0 aromatic carbocycles. The van der Waals surface area contributed by atoms with Crippen LogP contribution in [-0.4, -0.2) is 19.3 Å². The van der Waals surface area contributed by atoms with Crippen molar-refractivity contribution >= 4 is 34.5 Å². The number of halogens is 2. The maximum Gasteiger partial charge on any atom is 0.0991 e. The summed E-state index contributed by atoms with van der Waals surface area (Å²) < 4.78 is 6.83. The van der Waals surface area contributed by atoms with Crippen LogP contribution in [0.3, 0.4) is 0 Å². The molecule has 0 amide bonds. The van der Waals surface area contributed by atoms with E-state index in [2.05, 4.69) is 19.2 Å². The lowest BCUT2D eigenvalue weighted by atomic mass is 10.1. The second-order valence-corrected chi connectivity index (χ2v) is 6.01. The van der Waals surface area contributed by atoms with E-state index in [1.165, 1.54) is 11.3 Å². The topological polar surface area (TPSA) is 21.3 Å². The smallest absolute Gasteiger partial charge is 0.0991 e. The van der Waals surface area contributed by atoms with Crippen LogP contribution in [0.1, 0.15) is 32.4 Å². The molecule has 0 fully saturated rings. The van der Waals surface area contributed by atoms with Crippen LogP contribution in [0.15, 0.2) is 6.07 Å². The van der Waals surface area contributed by atoms with Gasteiger partial charge in [-0.05, 0) is 32.4 Å². The van der Waals surface area contributed by atoms with E-state index < -0.39 is 0 Å². The van der Waals surface area contributed by atoms with Crippen LogP contribution in [0.2, 0.25) is 8.67 Å². The number of ether oxygens (including phenoxy) is 1. The molecular weight excluding hydrogens is 265 g/mol. The van der Waals surface area contributed by atoms with Gasteiger partial charge in [0, 0.05) is 18.7 Å². The minimum Gasteiger partial charge on any atom is -0.380 e. The Morgan fingerprint density at radius 1 is 1.44 bits per heavy atom. The van der Waals surface area contributed by atoms with E-state index >= 15 is 0 Å². The summed E-state index contributed by atoms with van der Waals surface area (Å²) in [5.74, 6) is 0. The minimum atomic E-state index is 0.187. The second-order valence-electron chi connectivity index (χ2n) is 3.73. The SMILES string of the molecule is CCOCC(C)NC(C)c1cc(Cl)sc1Cl. The van der Waals surface area contributed by atoms with Crippen molar-refractivity contribution in [2.45, 2.75) is 32.9 Å². The lowest BCUT2D eigenvalue weighted by Crippen LogP contribution is -2.32. The Balaban J connectivity index is 2.51. The van der Waals surface area contributed by atoms with Crippen molar-refractivity contribution in [3.8, 4) is 0 Å². The highest BCUT2D eigenvalue weighted by Gasteiger charge is 2.15. The van der Waals surface area contributed by atoms with Crippen LogP contribution in [0.25, 0.3) is 0 Å². The van der Waals surface area contributed by atoms with Gasteiger partial charge in [-0.3, -0.25) is 0 Å². The summed E-state index contributed by atoms with van der Waals surface area (Å²) >= 11 is 13.4. The zero-order chi connectivity index (χ0) is 12.1. The van der Waals surface area contributed by atoms with E-state index in [0.717, 1.165) is 20.8 Å². The van der Waals surface area contributed by atoms with Crippen molar-refractivity contribution in [3.05, 3.63) is 20.3 Å². The fourth-order valence-electron chi connectivity index (χ4n) is 1.51. The normalized spacial score (nSPS) is 15.1. The van der Waals surface area contributed by atoms with Gasteiger partial charge in [0.05, 0.1) is 15.3 Å². The summed E-state index contributed by atoms with van der Waals surface area (Å²) in [5.41, 5.74) is 1.06. The predicted octanol–water partition coefficient (Wildman–Crippen LogP) is 4.13. The van der Waals surface area contributed by atoms with Gasteiger partial charge in [0.15, 0.2) is 0 Å². The Hall–Kier alpha value is 0.200. The number of thiophene rings is 1. The molecule has 2 nitrogen and oxygen atoms in total. The van der Waals surface area contributed by atoms with Crippen LogP contribution in [0.5, 0.6) is 0 Å². The quantitative estimate of drug-likeness (QED) is 0.847. The zero-order valence-electron chi connectivity index (χ0n) is 9.72. The van der Waals surface area contributed by atoms with Gasteiger partial charge in [-0.25, -0.2) is 0 Å². The van der Waals surface area contributed by atoms with Gasteiger partial charge in [0.2, 0.25) is 0 Å². The number of nitrogens with one attached hydrogen (secondary N) is 1. The Kier molecular flexibility index (Phi) is 6.08. The first-order chi connectivity index (χ1) is 7.54. The molecule has 16 heavy (non-hydrogen) atoms. The zero-order valence-corrected chi connectivity index (χ0v) is 12.0. The summed E-state index contributed by atoms with van der Waals surface area (Å²) in [5, 5.41) is 3.42. The molecule has 1 N–H and O–H groups in total. The first-order valence-electron chi connectivity index (χ1n) is 5.33. The van der Waals surface area contributed by atoms with E-state index in [0.29, 0.717) is 12.6 Å². The van der Waals surface area contributed by atoms with E-state index in [1.807, 2.05) is 13.0 Å². The summed E-state index contributed by atoms with van der Waals surface area (Å²) in [7, 11) is 0. The van der Waals surface area contributed by atoms with Crippen molar-refractivity contribution in [3.63, 3.8) is 0 Å². The largest absolute Gasteiger partial charge is 0.380 e. The standard InChI is InChI=1S/C11H17Cl2NOS/c1-4-15-6-7(2)14-8(3)9-5-10(12)16-11(9)13/h5,7-8,14H,4,6H2,1-3H3. The van der Waals surface area contributed by atoms with E-state index in [-0.39, 0.29) is 6.04 Å². The molecule has 0 bridgehead atoms. The molecule has 1 aromatic rings. The van der Waals surface area contributed by atoms with Crippen LogP contribution < -0.4 is 5.32 Å². The average Bonchev–Trinajstić information content (AvgIpc) is 2.54. The molecule has 1 rings (SSSR count). The fraction of sp³-hybridized carbons (Fsp3) is 0.636. The fourth-order valence-corrected chi connectivity index (χ4v) is 3.15. The molecule has 1 aromatic heterocycles. The second kappa shape index (κ2) is 6.82. The summed E-state index contributed by atoms with van der Waals surface area (Å²) in [6, 6.07) is 2.40. The third kappa shape index (κ3) is 4.22. The molecule has 2 atom stereocenters. The molecule has 92 valence electrons. The minimum absolute atomic E-state index is 0.187. The lowest BCUT2D eigenvalue weighted by molar-refractivity contribution is 0.124. The van der Waals surface area contributed by atoms with Gasteiger partial charge in [-0.2, -0.15) is 0 Å². The van der Waals surface area contributed by atoms with Gasteiger partial charge in [0.25, 0.3) is 0 Å². The Morgan fingerprint density at radius 3 is 2.62 bits per heavy atom. The summed E-state index contributed by atoms with van der Waals surface area (Å²) in [6.45, 7) is 7.61. The van der Waals surface area contributed by atoms with Gasteiger partial charge in [0.1, 0.15) is 0 Å². The predicted molar refractivity (Wildman–Crippen MR) is 71.8 cm³/mol. The molecule has 0 saturated heterocycles. The van der Waals surface area contributed by atoms with Crippen molar-refractivity contribution in [2.24, 2.45) is 0 Å². The molecule has 1 heterocycles. The molecule has 0 aliphatic rings. The molecule has 2 unspecified atom stereocenters. The molecule has 0 aliphatic heterocycles. The van der Waals surface area contributed by atoms with Crippen LogP contribution in [0, 0.1) is 0 Å². The van der Waals surface area contributed by atoms with Crippen molar-refractivity contribution < 1.29 is 4.74 Å². The monoisotopic (exact) mass is 281 g/mol. The van der Waals surface area contributed by atoms with Crippen molar-refractivity contribution in [2.75, 3.05) is 13.2 Å². The van der Waals surface area contributed by atoms with E-state index in [1.54, 1.807) is 0 Å². The highest BCUT2D eigenvalue weighted by atomic mass is 35.5. The van der Waals surface area contributed by atoms with E-state index in [4.69, 9.17) is 27.9 Å². The van der Waals surface area contributed by atoms with Gasteiger partial charge >= 0.3 is 0 Å². The van der Waals surface area contributed by atoms with Crippen LogP contribution in [-0.2, 0) is 4.74 Å². The van der Waals surface area contributed by atoms with Crippen molar-refractivity contribution in [1.29, 1.82) is 0 Å². The number of hydrogen-bond acceptors (Lipinski definition) is 3. The molecule has 0 radical (unpaired) electrons. The maximum absolute atomic E-state index is 6.09.